The van der Waals surface area contributed by atoms with Crippen molar-refractivity contribution in [3.63, 3.8) is 0 Å². The first kappa shape index (κ1) is 14.4. The lowest BCUT2D eigenvalue weighted by Crippen LogP contribution is -2.27. The molecule has 1 aromatic rings. The normalized spacial score (nSPS) is 12.0. The molecule has 18 heavy (non-hydrogen) atoms. The zero-order chi connectivity index (χ0) is 14.0. The second-order valence-electron chi connectivity index (χ2n) is 4.55. The Kier molecular flexibility index (Phi) is 3.92. The predicted octanol–water partition coefficient (Wildman–Crippen LogP) is 1.08. The number of anilines is 1. The third-order valence-electron chi connectivity index (χ3n) is 1.69. The molecule has 0 saturated heterocycles. The number of carbonyl (C=O) groups excluding carboxylic acids is 1. The van der Waals surface area contributed by atoms with E-state index in [-0.39, 0.29) is 10.7 Å². The minimum atomic E-state index is -3.83. The standard InChI is InChI=1S/C10H15N3O4S/c1-10(2,3)17-9(14)13-8-6-7(4-5-12-8)18(11,15)16/h4-6H,1-3H3,(H2,11,15,16)(H,12,13,14). The third-order valence-corrected chi connectivity index (χ3v) is 2.60. The van der Waals surface area contributed by atoms with Gasteiger partial charge in [0.15, 0.2) is 0 Å². The van der Waals surface area contributed by atoms with Crippen molar-refractivity contribution in [2.24, 2.45) is 5.14 Å². The molecule has 0 radical (unpaired) electrons. The van der Waals surface area contributed by atoms with Crippen molar-refractivity contribution in [1.29, 1.82) is 0 Å². The van der Waals surface area contributed by atoms with E-state index in [2.05, 4.69) is 10.3 Å². The molecule has 3 N–H and O–H groups in total. The molecular weight excluding hydrogens is 258 g/mol. The van der Waals surface area contributed by atoms with Gasteiger partial charge in [0.1, 0.15) is 11.4 Å². The molecule has 0 spiro atoms. The highest BCUT2D eigenvalue weighted by molar-refractivity contribution is 7.89. The Hall–Kier alpha value is -1.67. The quantitative estimate of drug-likeness (QED) is 0.837. The van der Waals surface area contributed by atoms with Crippen LogP contribution in [0.15, 0.2) is 23.2 Å². The van der Waals surface area contributed by atoms with Gasteiger partial charge in [-0.15, -0.1) is 0 Å². The van der Waals surface area contributed by atoms with Crippen LogP contribution in [0.4, 0.5) is 10.6 Å². The number of amides is 1. The van der Waals surface area contributed by atoms with Gasteiger partial charge in [0.2, 0.25) is 10.0 Å². The summed E-state index contributed by atoms with van der Waals surface area (Å²) in [6.07, 6.45) is 0.508. The summed E-state index contributed by atoms with van der Waals surface area (Å²) in [5.41, 5.74) is -0.651. The predicted molar refractivity (Wildman–Crippen MR) is 65.5 cm³/mol. The highest BCUT2D eigenvalue weighted by atomic mass is 32.2. The zero-order valence-electron chi connectivity index (χ0n) is 10.3. The van der Waals surface area contributed by atoms with Gasteiger partial charge in [-0.2, -0.15) is 0 Å². The first-order valence-corrected chi connectivity index (χ1v) is 6.61. The molecule has 1 amide bonds. The fraction of sp³-hybridized carbons (Fsp3) is 0.400. The monoisotopic (exact) mass is 273 g/mol. The third kappa shape index (κ3) is 4.68. The fourth-order valence-electron chi connectivity index (χ4n) is 1.06. The maximum absolute atomic E-state index is 11.4. The summed E-state index contributed by atoms with van der Waals surface area (Å²) in [6.45, 7) is 5.13. The van der Waals surface area contributed by atoms with Gasteiger partial charge in [0, 0.05) is 12.3 Å². The van der Waals surface area contributed by atoms with Gasteiger partial charge in [0.05, 0.1) is 4.90 Å². The van der Waals surface area contributed by atoms with E-state index in [4.69, 9.17) is 9.88 Å². The number of ether oxygens (including phenoxy) is 1. The largest absolute Gasteiger partial charge is 0.444 e. The molecule has 0 aromatic carbocycles. The molecule has 0 aliphatic carbocycles. The molecule has 7 nitrogen and oxygen atoms in total. The van der Waals surface area contributed by atoms with Gasteiger partial charge in [-0.05, 0) is 26.8 Å². The fourth-order valence-corrected chi connectivity index (χ4v) is 1.59. The van der Waals surface area contributed by atoms with Crippen LogP contribution in [-0.4, -0.2) is 25.1 Å². The number of aromatic nitrogens is 1. The van der Waals surface area contributed by atoms with Gasteiger partial charge < -0.3 is 4.74 Å². The summed E-state index contributed by atoms with van der Waals surface area (Å²) in [5, 5.41) is 7.28. The van der Waals surface area contributed by atoms with E-state index >= 15 is 0 Å². The molecular formula is C10H15N3O4S. The van der Waals surface area contributed by atoms with Crippen LogP contribution in [0.25, 0.3) is 0 Å². The smallest absolute Gasteiger partial charge is 0.413 e. The molecule has 0 atom stereocenters. The van der Waals surface area contributed by atoms with E-state index in [9.17, 15) is 13.2 Å². The Morgan fingerprint density at radius 3 is 2.56 bits per heavy atom. The average Bonchev–Trinajstić information content (AvgIpc) is 2.13. The lowest BCUT2D eigenvalue weighted by molar-refractivity contribution is 0.0635. The number of rotatable bonds is 2. The van der Waals surface area contributed by atoms with Crippen molar-refractivity contribution in [3.05, 3.63) is 18.3 Å². The van der Waals surface area contributed by atoms with E-state index in [1.807, 2.05) is 0 Å². The van der Waals surface area contributed by atoms with Crippen LogP contribution in [0.3, 0.4) is 0 Å². The number of pyridine rings is 1. The Morgan fingerprint density at radius 2 is 2.06 bits per heavy atom. The summed E-state index contributed by atoms with van der Waals surface area (Å²) in [4.78, 5) is 15.1. The Labute approximate surface area is 105 Å². The molecule has 0 unspecified atom stereocenters. The van der Waals surface area contributed by atoms with Crippen LogP contribution in [-0.2, 0) is 14.8 Å². The van der Waals surface area contributed by atoms with E-state index in [0.717, 1.165) is 6.07 Å². The lowest BCUT2D eigenvalue weighted by atomic mass is 10.2. The first-order chi connectivity index (χ1) is 8.08. The summed E-state index contributed by atoms with van der Waals surface area (Å²) in [7, 11) is -3.83. The second kappa shape index (κ2) is 4.91. The molecule has 0 fully saturated rings. The number of hydrogen-bond acceptors (Lipinski definition) is 5. The van der Waals surface area contributed by atoms with Crippen LogP contribution in [0.1, 0.15) is 20.8 Å². The summed E-state index contributed by atoms with van der Waals surface area (Å²) < 4.78 is 27.2. The van der Waals surface area contributed by atoms with Gasteiger partial charge in [0.25, 0.3) is 0 Å². The van der Waals surface area contributed by atoms with Gasteiger partial charge >= 0.3 is 6.09 Å². The Morgan fingerprint density at radius 1 is 1.44 bits per heavy atom. The second-order valence-corrected chi connectivity index (χ2v) is 6.11. The number of nitrogens with one attached hydrogen (secondary N) is 1. The van der Waals surface area contributed by atoms with Crippen LogP contribution < -0.4 is 10.5 Å². The van der Waals surface area contributed by atoms with Crippen molar-refractivity contribution in [3.8, 4) is 0 Å². The van der Waals surface area contributed by atoms with E-state index in [1.165, 1.54) is 12.3 Å². The SMILES string of the molecule is CC(C)(C)OC(=O)Nc1cc(S(N)(=O)=O)ccn1. The molecule has 1 rings (SSSR count). The summed E-state index contributed by atoms with van der Waals surface area (Å²) in [5.74, 6) is 0.0516. The lowest BCUT2D eigenvalue weighted by Gasteiger charge is -2.19. The maximum atomic E-state index is 11.4. The first-order valence-electron chi connectivity index (χ1n) is 5.07. The number of sulfonamides is 1. The van der Waals surface area contributed by atoms with Gasteiger partial charge in [-0.3, -0.25) is 5.32 Å². The molecule has 0 aliphatic rings. The molecule has 100 valence electrons. The average molecular weight is 273 g/mol. The van der Waals surface area contributed by atoms with E-state index < -0.39 is 21.7 Å². The van der Waals surface area contributed by atoms with Crippen LogP contribution in [0, 0.1) is 0 Å². The minimum Gasteiger partial charge on any atom is -0.444 e. The molecule has 1 heterocycles. The van der Waals surface area contributed by atoms with E-state index in [1.54, 1.807) is 20.8 Å². The van der Waals surface area contributed by atoms with Crippen molar-refractivity contribution in [2.45, 2.75) is 31.3 Å². The number of nitrogens with two attached hydrogens (primary N) is 1. The Balaban J connectivity index is 2.84. The molecule has 0 saturated carbocycles. The van der Waals surface area contributed by atoms with Crippen LogP contribution in [0.5, 0.6) is 0 Å². The van der Waals surface area contributed by atoms with Crippen LogP contribution >= 0.6 is 0 Å². The van der Waals surface area contributed by atoms with Crippen molar-refractivity contribution in [2.75, 3.05) is 5.32 Å². The van der Waals surface area contributed by atoms with E-state index in [0.29, 0.717) is 0 Å². The van der Waals surface area contributed by atoms with Crippen molar-refractivity contribution >= 4 is 21.9 Å². The summed E-state index contributed by atoms with van der Waals surface area (Å²) >= 11 is 0. The topological polar surface area (TPSA) is 111 Å². The van der Waals surface area contributed by atoms with Gasteiger partial charge in [-0.1, -0.05) is 0 Å². The molecule has 0 bridgehead atoms. The number of carbonyl (C=O) groups is 1. The Bertz CT molecular complexity index is 548. The van der Waals surface area contributed by atoms with Crippen LogP contribution in [0.2, 0.25) is 0 Å². The van der Waals surface area contributed by atoms with Gasteiger partial charge in [-0.25, -0.2) is 23.3 Å². The highest BCUT2D eigenvalue weighted by Gasteiger charge is 2.17. The number of hydrogen-bond donors (Lipinski definition) is 2. The van der Waals surface area contributed by atoms with Crippen molar-refractivity contribution in [1.82, 2.24) is 4.98 Å². The molecule has 1 aromatic heterocycles. The molecule has 8 heteroatoms. The number of primary sulfonamides is 1. The highest BCUT2D eigenvalue weighted by Crippen LogP contribution is 2.13. The zero-order valence-corrected chi connectivity index (χ0v) is 11.1. The molecule has 0 aliphatic heterocycles. The minimum absolute atomic E-state index is 0.0516. The van der Waals surface area contributed by atoms with Crippen molar-refractivity contribution < 1.29 is 17.9 Å². The number of nitrogens with zero attached hydrogens (tertiary/aromatic N) is 1. The summed E-state index contributed by atoms with van der Waals surface area (Å²) in [6, 6.07) is 2.38. The maximum Gasteiger partial charge on any atom is 0.413 e.